The molecule has 1 spiro atoms. The number of nitrogens with zero attached hydrogens (tertiary/aromatic N) is 3. The summed E-state index contributed by atoms with van der Waals surface area (Å²) in [5, 5.41) is 7.91. The van der Waals surface area contributed by atoms with Gasteiger partial charge in [-0.1, -0.05) is 30.3 Å². The lowest BCUT2D eigenvalue weighted by Crippen LogP contribution is -2.49. The van der Waals surface area contributed by atoms with Crippen LogP contribution in [0.25, 0.3) is 0 Å². The van der Waals surface area contributed by atoms with Gasteiger partial charge in [0.25, 0.3) is 5.91 Å². The molecule has 1 aromatic carbocycles. The van der Waals surface area contributed by atoms with Crippen LogP contribution in [0.4, 0.5) is 4.79 Å². The van der Waals surface area contributed by atoms with E-state index in [1.54, 1.807) is 11.3 Å². The van der Waals surface area contributed by atoms with Crippen LogP contribution in [0, 0.1) is 0 Å². The van der Waals surface area contributed by atoms with E-state index < -0.39 is 11.6 Å². The Morgan fingerprint density at radius 1 is 1.15 bits per heavy atom. The number of aryl methyl sites for hydroxylation is 1. The molecule has 9 heteroatoms. The lowest BCUT2D eigenvalue weighted by Gasteiger charge is -2.37. The molecule has 2 aliphatic heterocycles. The summed E-state index contributed by atoms with van der Waals surface area (Å²) in [7, 11) is 2.12. The van der Waals surface area contributed by atoms with E-state index in [2.05, 4.69) is 33.5 Å². The maximum Gasteiger partial charge on any atom is 0.325 e. The highest BCUT2D eigenvalue weighted by Crippen LogP contribution is 2.41. The van der Waals surface area contributed by atoms with Crippen LogP contribution in [0.3, 0.4) is 0 Å². The summed E-state index contributed by atoms with van der Waals surface area (Å²) in [4.78, 5) is 45.8. The standard InChI is InChI=1S/C24H29N5O3S/c1-27-10-12-28(13-11-27)19(20-7-4-14-33-20)15-25-21(30)16-29-22(31)24(26-23(29)32)9-8-17-5-2-3-6-18(17)24/h2-7,14,19H,8-13,15-16H2,1H3,(H,25,30)(H,26,32)/t19-,24+/m1/s1. The van der Waals surface area contributed by atoms with Crippen molar-refractivity contribution in [3.05, 3.63) is 57.8 Å². The lowest BCUT2D eigenvalue weighted by molar-refractivity contribution is -0.135. The van der Waals surface area contributed by atoms with Gasteiger partial charge in [-0.3, -0.25) is 19.4 Å². The highest BCUT2D eigenvalue weighted by molar-refractivity contribution is 7.10. The molecule has 8 nitrogen and oxygen atoms in total. The fourth-order valence-corrected chi connectivity index (χ4v) is 6.03. The smallest absolute Gasteiger partial charge is 0.325 e. The molecule has 0 unspecified atom stereocenters. The summed E-state index contributed by atoms with van der Waals surface area (Å²) >= 11 is 1.68. The monoisotopic (exact) mass is 467 g/mol. The van der Waals surface area contributed by atoms with E-state index in [9.17, 15) is 14.4 Å². The van der Waals surface area contributed by atoms with Gasteiger partial charge in [-0.15, -0.1) is 11.3 Å². The van der Waals surface area contributed by atoms with Crippen LogP contribution >= 0.6 is 11.3 Å². The number of thiophene rings is 1. The Labute approximate surface area is 197 Å². The second-order valence-electron chi connectivity index (χ2n) is 9.06. The molecule has 0 saturated carbocycles. The average Bonchev–Trinajstić information content (AvgIpc) is 3.52. The zero-order chi connectivity index (χ0) is 23.0. The molecule has 0 radical (unpaired) electrons. The molecule has 2 atom stereocenters. The minimum Gasteiger partial charge on any atom is -0.353 e. The van der Waals surface area contributed by atoms with Crippen molar-refractivity contribution in [1.82, 2.24) is 25.3 Å². The molecule has 2 fully saturated rings. The van der Waals surface area contributed by atoms with Gasteiger partial charge in [-0.05, 0) is 42.5 Å². The second-order valence-corrected chi connectivity index (χ2v) is 10.0. The molecule has 5 rings (SSSR count). The fourth-order valence-electron chi connectivity index (χ4n) is 5.17. The highest BCUT2D eigenvalue weighted by Gasteiger charge is 2.55. The van der Waals surface area contributed by atoms with Gasteiger partial charge in [-0.25, -0.2) is 4.79 Å². The first-order chi connectivity index (χ1) is 16.0. The number of carbonyl (C=O) groups is 3. The number of imide groups is 1. The summed E-state index contributed by atoms with van der Waals surface area (Å²) < 4.78 is 0. The maximum atomic E-state index is 13.3. The van der Waals surface area contributed by atoms with Crippen molar-refractivity contribution in [3.8, 4) is 0 Å². The number of carbonyl (C=O) groups excluding carboxylic acids is 3. The number of urea groups is 1. The summed E-state index contributed by atoms with van der Waals surface area (Å²) in [5.41, 5.74) is 0.885. The SMILES string of the molecule is CN1CCN([C@H](CNC(=O)CN2C(=O)N[C@]3(CCc4ccccc43)C2=O)c2cccs2)CC1. The van der Waals surface area contributed by atoms with Gasteiger partial charge in [0, 0.05) is 37.6 Å². The van der Waals surface area contributed by atoms with E-state index in [0.29, 0.717) is 13.0 Å². The number of nitrogens with one attached hydrogen (secondary N) is 2. The Morgan fingerprint density at radius 3 is 2.70 bits per heavy atom. The zero-order valence-electron chi connectivity index (χ0n) is 18.8. The number of amides is 4. The number of hydrogen-bond donors (Lipinski definition) is 2. The maximum absolute atomic E-state index is 13.3. The van der Waals surface area contributed by atoms with E-state index >= 15 is 0 Å². The summed E-state index contributed by atoms with van der Waals surface area (Å²) in [6, 6.07) is 11.4. The molecule has 3 heterocycles. The zero-order valence-corrected chi connectivity index (χ0v) is 19.6. The molecule has 0 bridgehead atoms. The lowest BCUT2D eigenvalue weighted by atomic mass is 9.92. The molecule has 1 aromatic heterocycles. The first-order valence-electron chi connectivity index (χ1n) is 11.4. The quantitative estimate of drug-likeness (QED) is 0.630. The minimum atomic E-state index is -1.03. The van der Waals surface area contributed by atoms with E-state index in [0.717, 1.165) is 48.6 Å². The van der Waals surface area contributed by atoms with Gasteiger partial charge in [0.1, 0.15) is 12.1 Å². The van der Waals surface area contributed by atoms with Crippen LogP contribution in [0.1, 0.15) is 28.5 Å². The number of fused-ring (bicyclic) bond motifs is 2. The van der Waals surface area contributed by atoms with Crippen LogP contribution in [-0.4, -0.2) is 78.9 Å². The molecule has 174 valence electrons. The normalized spacial score (nSPS) is 24.2. The minimum absolute atomic E-state index is 0.0822. The Morgan fingerprint density at radius 2 is 1.94 bits per heavy atom. The topological polar surface area (TPSA) is 85.0 Å². The predicted molar refractivity (Wildman–Crippen MR) is 126 cm³/mol. The van der Waals surface area contributed by atoms with E-state index in [-0.39, 0.29) is 24.4 Å². The number of benzene rings is 1. The van der Waals surface area contributed by atoms with Crippen LogP contribution < -0.4 is 10.6 Å². The first kappa shape index (κ1) is 22.1. The third-order valence-electron chi connectivity index (χ3n) is 7.07. The third kappa shape index (κ3) is 4.05. The van der Waals surface area contributed by atoms with Gasteiger partial charge in [0.2, 0.25) is 5.91 Å². The van der Waals surface area contributed by atoms with Gasteiger partial charge in [0.05, 0.1) is 6.04 Å². The molecule has 2 N–H and O–H groups in total. The molecule has 3 aliphatic rings. The van der Waals surface area contributed by atoms with Gasteiger partial charge in [-0.2, -0.15) is 0 Å². The molecule has 2 saturated heterocycles. The summed E-state index contributed by atoms with van der Waals surface area (Å²) in [5.74, 6) is -0.654. The van der Waals surface area contributed by atoms with E-state index in [4.69, 9.17) is 0 Å². The molecular weight excluding hydrogens is 438 g/mol. The number of piperazine rings is 1. The molecule has 33 heavy (non-hydrogen) atoms. The van der Waals surface area contributed by atoms with Crippen molar-refractivity contribution in [2.24, 2.45) is 0 Å². The van der Waals surface area contributed by atoms with Gasteiger partial charge >= 0.3 is 6.03 Å². The Kier molecular flexibility index (Phi) is 5.94. The Bertz CT molecular complexity index is 1050. The largest absolute Gasteiger partial charge is 0.353 e. The second kappa shape index (κ2) is 8.89. The summed E-state index contributed by atoms with van der Waals surface area (Å²) in [6.07, 6.45) is 1.26. The van der Waals surface area contributed by atoms with Crippen LogP contribution in [0.5, 0.6) is 0 Å². The Hall–Kier alpha value is -2.75. The Balaban J connectivity index is 1.24. The van der Waals surface area contributed by atoms with Crippen molar-refractivity contribution in [1.29, 1.82) is 0 Å². The molecule has 1 aliphatic carbocycles. The molecular formula is C24H29N5O3S. The van der Waals surface area contributed by atoms with Crippen LogP contribution in [-0.2, 0) is 21.5 Å². The average molecular weight is 468 g/mol. The first-order valence-corrected chi connectivity index (χ1v) is 12.3. The van der Waals surface area contributed by atoms with Crippen molar-refractivity contribution >= 4 is 29.2 Å². The highest BCUT2D eigenvalue weighted by atomic mass is 32.1. The van der Waals surface area contributed by atoms with E-state index in [1.807, 2.05) is 35.7 Å². The van der Waals surface area contributed by atoms with Crippen molar-refractivity contribution < 1.29 is 14.4 Å². The van der Waals surface area contributed by atoms with Crippen molar-refractivity contribution in [2.45, 2.75) is 24.4 Å². The van der Waals surface area contributed by atoms with Crippen LogP contribution in [0.2, 0.25) is 0 Å². The van der Waals surface area contributed by atoms with Crippen molar-refractivity contribution in [2.75, 3.05) is 46.3 Å². The van der Waals surface area contributed by atoms with Gasteiger partial charge < -0.3 is 15.5 Å². The summed E-state index contributed by atoms with van der Waals surface area (Å²) in [6.45, 7) is 4.02. The van der Waals surface area contributed by atoms with Crippen molar-refractivity contribution in [3.63, 3.8) is 0 Å². The number of likely N-dealkylation sites (N-methyl/N-ethyl adjacent to an activating group) is 1. The number of hydrogen-bond acceptors (Lipinski definition) is 6. The van der Waals surface area contributed by atoms with Crippen LogP contribution in [0.15, 0.2) is 41.8 Å². The molecule has 2 aromatic rings. The third-order valence-corrected chi connectivity index (χ3v) is 8.04. The van der Waals surface area contributed by atoms with E-state index in [1.165, 1.54) is 4.88 Å². The fraction of sp³-hybridized carbons (Fsp3) is 0.458. The van der Waals surface area contributed by atoms with Gasteiger partial charge in [0.15, 0.2) is 0 Å². The predicted octanol–water partition coefficient (Wildman–Crippen LogP) is 1.55. The molecule has 4 amide bonds. The number of rotatable bonds is 6.